The van der Waals surface area contributed by atoms with Crippen LogP contribution in [-0.2, 0) is 29.5 Å². The molecule has 3 rings (SSSR count). The molecule has 108 valence electrons. The quantitative estimate of drug-likeness (QED) is 0.816. The highest BCUT2D eigenvalue weighted by Crippen LogP contribution is 2.27. The molecule has 1 nitrogen and oxygen atoms in total. The first-order chi connectivity index (χ1) is 10.1. The summed E-state index contributed by atoms with van der Waals surface area (Å²) >= 11 is 0. The number of benzene rings is 2. The van der Waals surface area contributed by atoms with E-state index in [0.717, 1.165) is 11.1 Å². The van der Waals surface area contributed by atoms with E-state index in [1.807, 2.05) is 44.2 Å². The van der Waals surface area contributed by atoms with Gasteiger partial charge >= 0.3 is 0 Å². The maximum atomic E-state index is 12.7. The van der Waals surface area contributed by atoms with Crippen LogP contribution in [0.5, 0.6) is 0 Å². The Hall–Kier alpha value is -1.89. The first-order valence-corrected chi connectivity index (χ1v) is 7.77. The summed E-state index contributed by atoms with van der Waals surface area (Å²) < 4.78 is 0. The zero-order chi connectivity index (χ0) is 14.9. The van der Waals surface area contributed by atoms with Crippen LogP contribution in [0, 0.1) is 0 Å². The Bertz CT molecular complexity index is 653. The van der Waals surface area contributed by atoms with Gasteiger partial charge in [-0.15, -0.1) is 0 Å². The summed E-state index contributed by atoms with van der Waals surface area (Å²) in [5.74, 6) is 0.284. The molecule has 0 fully saturated rings. The van der Waals surface area contributed by atoms with E-state index in [0.29, 0.717) is 6.42 Å². The number of carbonyl (C=O) groups excluding carboxylic acids is 1. The molecule has 0 bridgehead atoms. The van der Waals surface area contributed by atoms with Gasteiger partial charge in [0.2, 0.25) is 0 Å². The lowest BCUT2D eigenvalue weighted by molar-refractivity contribution is -0.122. The Labute approximate surface area is 127 Å². The first-order valence-electron chi connectivity index (χ1n) is 7.77. The molecule has 0 amide bonds. The van der Waals surface area contributed by atoms with Crippen molar-refractivity contribution < 1.29 is 4.79 Å². The van der Waals surface area contributed by atoms with Crippen LogP contribution >= 0.6 is 0 Å². The summed E-state index contributed by atoms with van der Waals surface area (Å²) in [6, 6.07) is 16.6. The summed E-state index contributed by atoms with van der Waals surface area (Å²) in [4.78, 5) is 12.7. The normalized spacial score (nSPS) is 14.0. The number of rotatable bonds is 4. The van der Waals surface area contributed by atoms with Crippen molar-refractivity contribution in [3.05, 3.63) is 70.8 Å². The molecule has 0 aromatic heterocycles. The Kier molecular flexibility index (Phi) is 3.67. The number of ketones is 1. The highest BCUT2D eigenvalue weighted by Gasteiger charge is 2.29. The third-order valence-electron chi connectivity index (χ3n) is 4.72. The largest absolute Gasteiger partial charge is 0.298 e. The second kappa shape index (κ2) is 5.48. The second-order valence-corrected chi connectivity index (χ2v) is 6.55. The third kappa shape index (κ3) is 2.78. The molecule has 21 heavy (non-hydrogen) atoms. The summed E-state index contributed by atoms with van der Waals surface area (Å²) in [5.41, 5.74) is 4.73. The van der Waals surface area contributed by atoms with Crippen molar-refractivity contribution >= 4 is 5.78 Å². The lowest BCUT2D eigenvalue weighted by Gasteiger charge is -2.24. The molecule has 1 heteroatoms. The molecule has 0 unspecified atom stereocenters. The zero-order valence-corrected chi connectivity index (χ0v) is 12.9. The van der Waals surface area contributed by atoms with Gasteiger partial charge in [0.1, 0.15) is 5.78 Å². The molecule has 2 aromatic rings. The van der Waals surface area contributed by atoms with Crippen molar-refractivity contribution in [1.29, 1.82) is 0 Å². The van der Waals surface area contributed by atoms with E-state index >= 15 is 0 Å². The molecule has 0 aliphatic heterocycles. The van der Waals surface area contributed by atoms with Crippen LogP contribution in [-0.4, -0.2) is 5.78 Å². The monoisotopic (exact) mass is 278 g/mol. The van der Waals surface area contributed by atoms with Crippen LogP contribution in [0.15, 0.2) is 48.5 Å². The van der Waals surface area contributed by atoms with E-state index in [4.69, 9.17) is 0 Å². The van der Waals surface area contributed by atoms with Gasteiger partial charge in [0, 0.05) is 11.8 Å². The average molecular weight is 278 g/mol. The highest BCUT2D eigenvalue weighted by molar-refractivity contribution is 5.91. The van der Waals surface area contributed by atoms with Gasteiger partial charge in [0.15, 0.2) is 0 Å². The second-order valence-electron chi connectivity index (χ2n) is 6.55. The smallest absolute Gasteiger partial charge is 0.147 e. The highest BCUT2D eigenvalue weighted by atomic mass is 16.1. The van der Waals surface area contributed by atoms with Gasteiger partial charge in [-0.3, -0.25) is 4.79 Å². The van der Waals surface area contributed by atoms with Crippen molar-refractivity contribution in [2.75, 3.05) is 0 Å². The predicted molar refractivity (Wildman–Crippen MR) is 86.6 cm³/mol. The summed E-state index contributed by atoms with van der Waals surface area (Å²) in [6.45, 7) is 4.05. The van der Waals surface area contributed by atoms with E-state index < -0.39 is 5.41 Å². The van der Waals surface area contributed by atoms with Gasteiger partial charge in [-0.1, -0.05) is 48.5 Å². The predicted octanol–water partition coefficient (Wildman–Crippen LogP) is 4.26. The van der Waals surface area contributed by atoms with E-state index in [1.165, 1.54) is 30.4 Å². The molecule has 2 aromatic carbocycles. The van der Waals surface area contributed by atoms with Crippen molar-refractivity contribution in [3.8, 4) is 0 Å². The van der Waals surface area contributed by atoms with E-state index in [-0.39, 0.29) is 5.78 Å². The van der Waals surface area contributed by atoms with Gasteiger partial charge in [0.25, 0.3) is 0 Å². The maximum Gasteiger partial charge on any atom is 0.147 e. The standard InChI is InChI=1S/C20H22O/c1-20(2,18-9-4-3-5-10-18)19(21)14-15-11-12-16-7-6-8-17(16)13-15/h3-5,9-13H,6-8,14H2,1-2H3. The van der Waals surface area contributed by atoms with Gasteiger partial charge in [-0.2, -0.15) is 0 Å². The van der Waals surface area contributed by atoms with E-state index in [1.54, 1.807) is 0 Å². The van der Waals surface area contributed by atoms with Crippen LogP contribution in [0.4, 0.5) is 0 Å². The fraction of sp³-hybridized carbons (Fsp3) is 0.350. The lowest BCUT2D eigenvalue weighted by Crippen LogP contribution is -2.30. The molecule has 0 heterocycles. The number of hydrogen-bond acceptors (Lipinski definition) is 1. The lowest BCUT2D eigenvalue weighted by atomic mass is 9.78. The average Bonchev–Trinajstić information content (AvgIpc) is 2.95. The van der Waals surface area contributed by atoms with Gasteiger partial charge in [-0.25, -0.2) is 0 Å². The molecule has 1 aliphatic carbocycles. The SMILES string of the molecule is CC(C)(C(=O)Cc1ccc2c(c1)CCC2)c1ccccc1. The minimum Gasteiger partial charge on any atom is -0.298 e. The fourth-order valence-electron chi connectivity index (χ4n) is 3.16. The molecular formula is C20H22O. The molecule has 0 saturated carbocycles. The number of Topliss-reactive ketones (excluding diaryl/α,β-unsaturated/α-hetero) is 1. The Morgan fingerprint density at radius 1 is 1.00 bits per heavy atom. The van der Waals surface area contributed by atoms with Crippen LogP contribution in [0.1, 0.15) is 42.5 Å². The van der Waals surface area contributed by atoms with Crippen molar-refractivity contribution in [2.24, 2.45) is 0 Å². The number of fused-ring (bicyclic) bond motifs is 1. The number of carbonyl (C=O) groups is 1. The summed E-state index contributed by atoms with van der Waals surface area (Å²) in [5, 5.41) is 0. The van der Waals surface area contributed by atoms with Gasteiger partial charge < -0.3 is 0 Å². The minimum absolute atomic E-state index is 0.284. The third-order valence-corrected chi connectivity index (χ3v) is 4.72. The summed E-state index contributed by atoms with van der Waals surface area (Å²) in [6.07, 6.45) is 4.13. The van der Waals surface area contributed by atoms with Crippen LogP contribution in [0.2, 0.25) is 0 Å². The van der Waals surface area contributed by atoms with Crippen LogP contribution < -0.4 is 0 Å². The summed E-state index contributed by atoms with van der Waals surface area (Å²) in [7, 11) is 0. The van der Waals surface area contributed by atoms with Crippen LogP contribution in [0.25, 0.3) is 0 Å². The zero-order valence-electron chi connectivity index (χ0n) is 12.9. The first kappa shape index (κ1) is 14.1. The van der Waals surface area contributed by atoms with Crippen molar-refractivity contribution in [3.63, 3.8) is 0 Å². The molecule has 0 radical (unpaired) electrons. The van der Waals surface area contributed by atoms with Crippen molar-refractivity contribution in [2.45, 2.75) is 44.9 Å². The molecule has 0 N–H and O–H groups in total. The Balaban J connectivity index is 1.80. The molecule has 0 spiro atoms. The molecule has 0 saturated heterocycles. The minimum atomic E-state index is -0.430. The molecule has 0 atom stereocenters. The van der Waals surface area contributed by atoms with Crippen LogP contribution in [0.3, 0.4) is 0 Å². The van der Waals surface area contributed by atoms with Gasteiger partial charge in [0.05, 0.1) is 0 Å². The number of aryl methyl sites for hydroxylation is 2. The van der Waals surface area contributed by atoms with E-state index in [9.17, 15) is 4.79 Å². The Morgan fingerprint density at radius 2 is 1.71 bits per heavy atom. The fourth-order valence-corrected chi connectivity index (χ4v) is 3.16. The Morgan fingerprint density at radius 3 is 2.48 bits per heavy atom. The number of hydrogen-bond donors (Lipinski definition) is 0. The van der Waals surface area contributed by atoms with E-state index in [2.05, 4.69) is 18.2 Å². The molecular weight excluding hydrogens is 256 g/mol. The van der Waals surface area contributed by atoms with Crippen molar-refractivity contribution in [1.82, 2.24) is 0 Å². The molecule has 1 aliphatic rings. The van der Waals surface area contributed by atoms with Gasteiger partial charge in [-0.05, 0) is 55.4 Å². The topological polar surface area (TPSA) is 17.1 Å². The maximum absolute atomic E-state index is 12.7.